The molecule has 0 saturated carbocycles. The van der Waals surface area contributed by atoms with Crippen molar-refractivity contribution in [2.24, 2.45) is 5.92 Å². The summed E-state index contributed by atoms with van der Waals surface area (Å²) < 4.78 is 1.74. The second-order valence-corrected chi connectivity index (χ2v) is 7.45. The third-order valence-corrected chi connectivity index (χ3v) is 5.57. The summed E-state index contributed by atoms with van der Waals surface area (Å²) in [5, 5.41) is 11.5. The van der Waals surface area contributed by atoms with Crippen molar-refractivity contribution >= 4 is 17.5 Å². The number of amides is 2. The van der Waals surface area contributed by atoms with Gasteiger partial charge in [-0.2, -0.15) is 5.26 Å². The average molecular weight is 376 g/mol. The standard InChI is InChI=1S/C21H20N4O3/c1-13(26)24-10-15-8-17(12-24)19-7-6-18(21(28)25(19)11-15)23-20(27)16-4-2-14(9-22)3-5-16/h2-7,15,17H,8,10-12H2,1H3,(H,23,27). The topological polar surface area (TPSA) is 95.2 Å². The maximum absolute atomic E-state index is 13.0. The zero-order valence-electron chi connectivity index (χ0n) is 15.5. The van der Waals surface area contributed by atoms with Gasteiger partial charge in [0, 0.05) is 43.7 Å². The molecule has 0 radical (unpaired) electrons. The zero-order chi connectivity index (χ0) is 19.8. The van der Waals surface area contributed by atoms with E-state index >= 15 is 0 Å². The number of nitrogens with zero attached hydrogens (tertiary/aromatic N) is 3. The molecule has 3 heterocycles. The molecule has 142 valence electrons. The average Bonchev–Trinajstić information content (AvgIpc) is 2.70. The Balaban J connectivity index is 1.59. The molecule has 2 aromatic rings. The summed E-state index contributed by atoms with van der Waals surface area (Å²) in [6.45, 7) is 3.42. The number of hydrogen-bond acceptors (Lipinski definition) is 4. The minimum Gasteiger partial charge on any atom is -0.342 e. The highest BCUT2D eigenvalue weighted by atomic mass is 16.2. The van der Waals surface area contributed by atoms with E-state index in [0.717, 1.165) is 12.1 Å². The number of aromatic nitrogens is 1. The fourth-order valence-corrected chi connectivity index (χ4v) is 4.19. The molecule has 1 fully saturated rings. The number of hydrogen-bond donors (Lipinski definition) is 1. The number of piperidine rings is 1. The SMILES string of the molecule is CC(=O)N1CC2CC(C1)c1ccc(NC(=O)c3ccc(C#N)cc3)c(=O)n1C2. The highest BCUT2D eigenvalue weighted by molar-refractivity contribution is 6.04. The fourth-order valence-electron chi connectivity index (χ4n) is 4.19. The largest absolute Gasteiger partial charge is 0.342 e. The van der Waals surface area contributed by atoms with Crippen LogP contribution in [0.25, 0.3) is 0 Å². The summed E-state index contributed by atoms with van der Waals surface area (Å²) in [6, 6.07) is 11.8. The molecule has 1 saturated heterocycles. The van der Waals surface area contributed by atoms with Crippen LogP contribution in [0.3, 0.4) is 0 Å². The van der Waals surface area contributed by atoms with Crippen LogP contribution in [0.2, 0.25) is 0 Å². The minimum atomic E-state index is -0.388. The van der Waals surface area contributed by atoms with Gasteiger partial charge in [-0.15, -0.1) is 0 Å². The van der Waals surface area contributed by atoms with Crippen LogP contribution >= 0.6 is 0 Å². The second-order valence-electron chi connectivity index (χ2n) is 7.45. The van der Waals surface area contributed by atoms with E-state index in [4.69, 9.17) is 5.26 Å². The van der Waals surface area contributed by atoms with Crippen LogP contribution in [0.1, 0.15) is 40.9 Å². The Bertz CT molecular complexity index is 1050. The predicted octanol–water partition coefficient (Wildman–Crippen LogP) is 1.94. The first-order valence-corrected chi connectivity index (χ1v) is 9.27. The van der Waals surface area contributed by atoms with E-state index < -0.39 is 0 Å². The Labute approximate surface area is 162 Å². The number of benzene rings is 1. The lowest BCUT2D eigenvalue weighted by atomic mass is 9.83. The van der Waals surface area contributed by atoms with Crippen LogP contribution in [-0.2, 0) is 11.3 Å². The van der Waals surface area contributed by atoms with Crippen LogP contribution in [0.5, 0.6) is 0 Å². The fraction of sp³-hybridized carbons (Fsp3) is 0.333. The van der Waals surface area contributed by atoms with Gasteiger partial charge >= 0.3 is 0 Å². The normalized spacial score (nSPS) is 20.1. The molecule has 2 bridgehead atoms. The maximum atomic E-state index is 13.0. The van der Waals surface area contributed by atoms with Gasteiger partial charge in [0.1, 0.15) is 5.69 Å². The highest BCUT2D eigenvalue weighted by Gasteiger charge is 2.35. The molecule has 7 heteroatoms. The number of pyridine rings is 1. The smallest absolute Gasteiger partial charge is 0.274 e. The van der Waals surface area contributed by atoms with Gasteiger partial charge in [-0.25, -0.2) is 0 Å². The summed E-state index contributed by atoms with van der Waals surface area (Å²) in [5.41, 5.74) is 1.79. The van der Waals surface area contributed by atoms with E-state index in [1.165, 1.54) is 0 Å². The van der Waals surface area contributed by atoms with Gasteiger partial charge in [-0.1, -0.05) is 0 Å². The third kappa shape index (κ3) is 3.18. The van der Waals surface area contributed by atoms with Crippen molar-refractivity contribution in [1.29, 1.82) is 5.26 Å². The van der Waals surface area contributed by atoms with Crippen LogP contribution < -0.4 is 10.9 Å². The molecule has 0 aliphatic carbocycles. The Kier molecular flexibility index (Phi) is 4.47. The summed E-state index contributed by atoms with van der Waals surface area (Å²) in [7, 11) is 0. The maximum Gasteiger partial charge on any atom is 0.274 e. The van der Waals surface area contributed by atoms with E-state index in [0.29, 0.717) is 30.8 Å². The summed E-state index contributed by atoms with van der Waals surface area (Å²) >= 11 is 0. The Morgan fingerprint density at radius 2 is 1.86 bits per heavy atom. The first kappa shape index (κ1) is 18.0. The predicted molar refractivity (Wildman–Crippen MR) is 103 cm³/mol. The summed E-state index contributed by atoms with van der Waals surface area (Å²) in [5.74, 6) is 0.0717. The lowest BCUT2D eigenvalue weighted by Gasteiger charge is -2.42. The highest BCUT2D eigenvalue weighted by Crippen LogP contribution is 2.35. The van der Waals surface area contributed by atoms with Crippen molar-refractivity contribution in [3.8, 4) is 6.07 Å². The Hall–Kier alpha value is -3.40. The second kappa shape index (κ2) is 6.97. The minimum absolute atomic E-state index is 0.0665. The van der Waals surface area contributed by atoms with Crippen molar-refractivity contribution in [1.82, 2.24) is 9.47 Å². The molecule has 2 amide bonds. The van der Waals surface area contributed by atoms with Gasteiger partial charge in [-0.05, 0) is 48.7 Å². The van der Waals surface area contributed by atoms with Crippen molar-refractivity contribution in [2.45, 2.75) is 25.8 Å². The molecule has 4 rings (SSSR count). The molecule has 2 aliphatic heterocycles. The molecule has 28 heavy (non-hydrogen) atoms. The van der Waals surface area contributed by atoms with Gasteiger partial charge in [0.15, 0.2) is 0 Å². The third-order valence-electron chi connectivity index (χ3n) is 5.57. The number of nitrogens with one attached hydrogen (secondary N) is 1. The van der Waals surface area contributed by atoms with Crippen LogP contribution in [0.4, 0.5) is 5.69 Å². The van der Waals surface area contributed by atoms with E-state index in [9.17, 15) is 14.4 Å². The zero-order valence-corrected chi connectivity index (χ0v) is 15.5. The van der Waals surface area contributed by atoms with Gasteiger partial charge in [0.25, 0.3) is 11.5 Å². The molecule has 2 unspecified atom stereocenters. The van der Waals surface area contributed by atoms with Crippen molar-refractivity contribution in [3.63, 3.8) is 0 Å². The first-order chi connectivity index (χ1) is 13.5. The molecule has 2 atom stereocenters. The van der Waals surface area contributed by atoms with Gasteiger partial charge < -0.3 is 14.8 Å². The Morgan fingerprint density at radius 3 is 2.54 bits per heavy atom. The van der Waals surface area contributed by atoms with E-state index in [2.05, 4.69) is 5.32 Å². The number of rotatable bonds is 2. The molecule has 1 aromatic heterocycles. The van der Waals surface area contributed by atoms with Crippen molar-refractivity contribution < 1.29 is 9.59 Å². The molecular weight excluding hydrogens is 356 g/mol. The molecule has 1 aromatic carbocycles. The lowest BCUT2D eigenvalue weighted by molar-refractivity contribution is -0.131. The van der Waals surface area contributed by atoms with E-state index in [-0.39, 0.29) is 34.9 Å². The molecule has 2 aliphatic rings. The van der Waals surface area contributed by atoms with Crippen molar-refractivity contribution in [3.05, 3.63) is 63.6 Å². The number of anilines is 1. The molecule has 1 N–H and O–H groups in total. The van der Waals surface area contributed by atoms with Gasteiger partial charge in [-0.3, -0.25) is 14.4 Å². The van der Waals surface area contributed by atoms with Gasteiger partial charge in [0.05, 0.1) is 11.6 Å². The van der Waals surface area contributed by atoms with E-state index in [1.54, 1.807) is 41.8 Å². The van der Waals surface area contributed by atoms with Gasteiger partial charge in [0.2, 0.25) is 5.91 Å². The monoisotopic (exact) mass is 376 g/mol. The number of nitriles is 1. The number of carbonyl (C=O) groups excluding carboxylic acids is 2. The summed E-state index contributed by atoms with van der Waals surface area (Å²) in [4.78, 5) is 39.0. The molecule has 0 spiro atoms. The lowest BCUT2D eigenvalue weighted by Crippen LogP contribution is -2.48. The first-order valence-electron chi connectivity index (χ1n) is 9.27. The summed E-state index contributed by atoms with van der Waals surface area (Å²) in [6.07, 6.45) is 0.972. The quantitative estimate of drug-likeness (QED) is 0.866. The molecular formula is C21H20N4O3. The number of carbonyl (C=O) groups is 2. The number of fused-ring (bicyclic) bond motifs is 4. The van der Waals surface area contributed by atoms with Crippen LogP contribution in [-0.4, -0.2) is 34.4 Å². The molecule has 7 nitrogen and oxygen atoms in total. The van der Waals surface area contributed by atoms with Crippen LogP contribution in [0.15, 0.2) is 41.2 Å². The number of likely N-dealkylation sites (tertiary alicyclic amines) is 1. The van der Waals surface area contributed by atoms with Crippen LogP contribution in [0, 0.1) is 17.2 Å². The Morgan fingerprint density at radius 1 is 1.11 bits per heavy atom. The van der Waals surface area contributed by atoms with Crippen molar-refractivity contribution in [2.75, 3.05) is 18.4 Å². The van der Waals surface area contributed by atoms with E-state index in [1.807, 2.05) is 17.0 Å².